The van der Waals surface area contributed by atoms with Crippen LogP contribution in [-0.2, 0) is 16.1 Å². The zero-order valence-electron chi connectivity index (χ0n) is 20.4. The van der Waals surface area contributed by atoms with Crippen LogP contribution in [0.25, 0.3) is 10.8 Å². The van der Waals surface area contributed by atoms with Crippen LogP contribution in [0.1, 0.15) is 57.6 Å². The molecular formula is C27H40NO4+. The van der Waals surface area contributed by atoms with Gasteiger partial charge in [0.15, 0.2) is 13.2 Å². The van der Waals surface area contributed by atoms with E-state index >= 15 is 0 Å². The van der Waals surface area contributed by atoms with Gasteiger partial charge in [0.2, 0.25) is 0 Å². The van der Waals surface area contributed by atoms with Gasteiger partial charge in [0.05, 0.1) is 12.6 Å². The molecule has 3 rings (SSSR count). The number of aliphatic hydroxyl groups is 2. The van der Waals surface area contributed by atoms with E-state index in [1.165, 1.54) is 29.2 Å². The summed E-state index contributed by atoms with van der Waals surface area (Å²) in [6, 6.07) is 10.8. The minimum absolute atomic E-state index is 0.199. The molecule has 0 saturated heterocycles. The summed E-state index contributed by atoms with van der Waals surface area (Å²) in [7, 11) is 1.71. The number of nitrogens with one attached hydrogen (secondary N) is 1. The quantitative estimate of drug-likeness (QED) is 0.340. The Morgan fingerprint density at radius 2 is 1.88 bits per heavy atom. The fourth-order valence-corrected chi connectivity index (χ4v) is 4.58. The van der Waals surface area contributed by atoms with E-state index in [0.717, 1.165) is 30.1 Å². The lowest BCUT2D eigenvalue weighted by Gasteiger charge is -2.37. The summed E-state index contributed by atoms with van der Waals surface area (Å²) in [4.78, 5) is 11.7. The van der Waals surface area contributed by atoms with Crippen LogP contribution in [0.5, 0.6) is 5.75 Å². The van der Waals surface area contributed by atoms with Gasteiger partial charge in [-0.1, -0.05) is 32.9 Å². The van der Waals surface area contributed by atoms with E-state index in [9.17, 15) is 4.79 Å². The van der Waals surface area contributed by atoms with Crippen molar-refractivity contribution in [2.75, 3.05) is 26.9 Å². The van der Waals surface area contributed by atoms with Gasteiger partial charge in [-0.3, -0.25) is 4.79 Å². The lowest BCUT2D eigenvalue weighted by Crippen LogP contribution is -2.30. The van der Waals surface area contributed by atoms with Crippen molar-refractivity contribution in [2.24, 2.45) is 11.3 Å². The molecule has 32 heavy (non-hydrogen) atoms. The Bertz CT molecular complexity index is 894. The molecule has 0 spiro atoms. The summed E-state index contributed by atoms with van der Waals surface area (Å²) in [6.07, 6.45) is 5.09. The van der Waals surface area contributed by atoms with Crippen molar-refractivity contribution < 1.29 is 19.0 Å². The van der Waals surface area contributed by atoms with Crippen molar-refractivity contribution in [3.63, 3.8) is 0 Å². The van der Waals surface area contributed by atoms with E-state index in [4.69, 9.17) is 9.47 Å². The van der Waals surface area contributed by atoms with E-state index in [2.05, 4.69) is 68.1 Å². The predicted molar refractivity (Wildman–Crippen MR) is 130 cm³/mol. The molecule has 1 aliphatic rings. The van der Waals surface area contributed by atoms with Gasteiger partial charge in [0, 0.05) is 6.54 Å². The van der Waals surface area contributed by atoms with Gasteiger partial charge < -0.3 is 19.5 Å². The Morgan fingerprint density at radius 1 is 1.12 bits per heavy atom. The number of carbonyl (C=O) groups is 1. The first-order valence-electron chi connectivity index (χ1n) is 11.9. The molecule has 1 saturated carbocycles. The van der Waals surface area contributed by atoms with Gasteiger partial charge in [-0.25, -0.2) is 0 Å². The minimum Gasteiger partial charge on any atom is -0.490 e. The highest BCUT2D eigenvalue weighted by Crippen LogP contribution is 2.39. The smallest absolute Gasteiger partial charge is 0.320 e. The van der Waals surface area contributed by atoms with Crippen LogP contribution in [-0.4, -0.2) is 43.7 Å². The molecule has 2 aromatic carbocycles. The van der Waals surface area contributed by atoms with Gasteiger partial charge >= 0.3 is 5.97 Å². The summed E-state index contributed by atoms with van der Waals surface area (Å²) in [6.45, 7) is 10.9. The van der Waals surface area contributed by atoms with E-state index in [0.29, 0.717) is 31.3 Å². The van der Waals surface area contributed by atoms with Crippen molar-refractivity contribution in [3.8, 4) is 5.75 Å². The molecule has 2 aromatic rings. The molecule has 176 valence electrons. The van der Waals surface area contributed by atoms with Crippen molar-refractivity contribution in [1.82, 2.24) is 5.32 Å². The third-order valence-electron chi connectivity index (χ3n) is 6.58. The maximum atomic E-state index is 11.7. The SMILES string of the molecule is C[OH+]CCOC(=O)CNCc1ccc2cc(OC3CCC(C(C)(C)C)CC3)cc(C)c2c1. The summed E-state index contributed by atoms with van der Waals surface area (Å²) in [5.74, 6) is 1.52. The van der Waals surface area contributed by atoms with Crippen LogP contribution in [0.2, 0.25) is 0 Å². The van der Waals surface area contributed by atoms with Crippen LogP contribution in [0, 0.1) is 18.3 Å². The topological polar surface area (TPSA) is 60.4 Å². The molecule has 5 heteroatoms. The lowest BCUT2D eigenvalue weighted by atomic mass is 9.72. The summed E-state index contributed by atoms with van der Waals surface area (Å²) in [5, 5.41) is 5.57. The summed E-state index contributed by atoms with van der Waals surface area (Å²) in [5.41, 5.74) is 2.75. The van der Waals surface area contributed by atoms with Gasteiger partial charge in [0.1, 0.15) is 12.9 Å². The van der Waals surface area contributed by atoms with Gasteiger partial charge in [-0.2, -0.15) is 0 Å². The molecular weight excluding hydrogens is 402 g/mol. The standard InChI is InChI=1S/C27H39NO4/c1-19-14-24(32-23-10-8-22(9-11-23)27(2,3)4)16-21-7-6-20(15-25(19)21)17-28-18-26(29)31-13-12-30-5/h6-7,14-16,22-23,28H,8-13,17-18H2,1-5H3/p+1. The first-order chi connectivity index (χ1) is 15.3. The molecule has 2 N–H and O–H groups in total. The van der Waals surface area contributed by atoms with Crippen LogP contribution in [0.3, 0.4) is 0 Å². The van der Waals surface area contributed by atoms with Gasteiger partial charge in [-0.15, -0.1) is 0 Å². The van der Waals surface area contributed by atoms with Crippen molar-refractivity contribution in [2.45, 2.75) is 66.0 Å². The third kappa shape index (κ3) is 6.94. The number of benzene rings is 2. The first kappa shape index (κ1) is 24.5. The zero-order valence-corrected chi connectivity index (χ0v) is 20.4. The fraction of sp³-hybridized carbons (Fsp3) is 0.593. The number of fused-ring (bicyclic) bond motifs is 1. The second-order valence-corrected chi connectivity index (χ2v) is 10.1. The molecule has 0 amide bonds. The molecule has 0 radical (unpaired) electrons. The van der Waals surface area contributed by atoms with E-state index in [-0.39, 0.29) is 12.5 Å². The number of hydrogen-bond donors (Lipinski definition) is 1. The van der Waals surface area contributed by atoms with Crippen molar-refractivity contribution in [3.05, 3.63) is 41.5 Å². The molecule has 0 atom stereocenters. The third-order valence-corrected chi connectivity index (χ3v) is 6.58. The van der Waals surface area contributed by atoms with E-state index in [1.807, 2.05) is 0 Å². The van der Waals surface area contributed by atoms with Gasteiger partial charge in [0.25, 0.3) is 0 Å². The Balaban J connectivity index is 1.55. The number of esters is 1. The highest BCUT2D eigenvalue weighted by molar-refractivity contribution is 5.87. The monoisotopic (exact) mass is 442 g/mol. The van der Waals surface area contributed by atoms with Crippen molar-refractivity contribution >= 4 is 16.7 Å². The highest BCUT2D eigenvalue weighted by atomic mass is 16.6. The highest BCUT2D eigenvalue weighted by Gasteiger charge is 2.30. The second-order valence-electron chi connectivity index (χ2n) is 10.1. The average molecular weight is 443 g/mol. The van der Waals surface area contributed by atoms with Crippen LogP contribution < -0.4 is 10.1 Å². The first-order valence-corrected chi connectivity index (χ1v) is 11.9. The molecule has 1 aliphatic carbocycles. The zero-order chi connectivity index (χ0) is 23.1. The lowest BCUT2D eigenvalue weighted by molar-refractivity contribution is -0.146. The fourth-order valence-electron chi connectivity index (χ4n) is 4.58. The number of rotatable bonds is 9. The average Bonchev–Trinajstić information content (AvgIpc) is 2.74. The van der Waals surface area contributed by atoms with Crippen LogP contribution >= 0.6 is 0 Å². The normalized spacial score (nSPS) is 19.2. The maximum Gasteiger partial charge on any atom is 0.320 e. The van der Waals surface area contributed by atoms with Gasteiger partial charge in [-0.05, 0) is 84.0 Å². The van der Waals surface area contributed by atoms with E-state index < -0.39 is 0 Å². The Kier molecular flexibility index (Phi) is 8.55. The molecule has 0 aromatic heterocycles. The van der Waals surface area contributed by atoms with Crippen LogP contribution in [0.15, 0.2) is 30.3 Å². The second kappa shape index (κ2) is 11.2. The summed E-state index contributed by atoms with van der Waals surface area (Å²) < 4.78 is 15.4. The van der Waals surface area contributed by atoms with Crippen molar-refractivity contribution in [1.29, 1.82) is 0 Å². The molecule has 0 heterocycles. The molecule has 0 unspecified atom stereocenters. The Hall–Kier alpha value is -2.11. The Morgan fingerprint density at radius 3 is 2.56 bits per heavy atom. The number of hydrogen-bond acceptors (Lipinski definition) is 4. The molecule has 5 nitrogen and oxygen atoms in total. The number of carbonyl (C=O) groups excluding carboxylic acids is 1. The van der Waals surface area contributed by atoms with Crippen LogP contribution in [0.4, 0.5) is 0 Å². The largest absolute Gasteiger partial charge is 0.490 e. The van der Waals surface area contributed by atoms with E-state index in [1.54, 1.807) is 7.11 Å². The summed E-state index contributed by atoms with van der Waals surface area (Å²) >= 11 is 0. The Labute approximate surface area is 192 Å². The number of aryl methyl sites for hydroxylation is 1. The predicted octanol–water partition coefficient (Wildman–Crippen LogP) is 4.92. The minimum atomic E-state index is -0.246. The molecule has 0 bridgehead atoms. The molecule has 1 fully saturated rings. The number of ether oxygens (including phenoxy) is 3. The molecule has 0 aliphatic heterocycles. The maximum absolute atomic E-state index is 11.7.